The monoisotopic (exact) mass is 304 g/mol. The van der Waals surface area contributed by atoms with Gasteiger partial charge in [0.2, 0.25) is 0 Å². The van der Waals surface area contributed by atoms with Gasteiger partial charge in [-0.05, 0) is 6.92 Å². The topological polar surface area (TPSA) is 38.4 Å². The Labute approximate surface area is 80.8 Å². The summed E-state index contributed by atoms with van der Waals surface area (Å²) >= 11 is 3.15. The number of nitrogens with two attached hydrogens (primary N) is 1. The minimum atomic E-state index is 0. The quantitative estimate of drug-likeness (QED) is 0.472. The number of halogens is 2. The van der Waals surface area contributed by atoms with Gasteiger partial charge in [0, 0.05) is 4.48 Å². The average Bonchev–Trinajstić information content (AvgIpc) is 1.61. The van der Waals surface area contributed by atoms with Crippen LogP contribution >= 0.6 is 39.9 Å². The van der Waals surface area contributed by atoms with Crippen molar-refractivity contribution in [2.75, 3.05) is 6.54 Å². The van der Waals surface area contributed by atoms with Crippen molar-refractivity contribution in [2.45, 2.75) is 6.92 Å². The molecule has 0 aromatic heterocycles. The fourth-order valence-electron chi connectivity index (χ4n) is 0.210. The highest BCUT2D eigenvalue weighted by molar-refractivity contribution is 14.0. The molecule has 0 aromatic rings. The van der Waals surface area contributed by atoms with Gasteiger partial charge in [-0.15, -0.1) is 24.0 Å². The smallest absolute Gasteiger partial charge is 0.0909 e. The molecule has 0 aromatic carbocycles. The number of aliphatic imine (C=N–C) groups is 1. The summed E-state index contributed by atoms with van der Waals surface area (Å²) in [5.74, 6) is 0.589. The van der Waals surface area contributed by atoms with Crippen molar-refractivity contribution in [2.24, 2.45) is 10.7 Å². The highest BCUT2D eigenvalue weighted by Gasteiger charge is 1.81. The standard InChI is InChI=1S/C5H9BrN2.HI/c1-4(6)3-8-5(2)7;/h1,3H2,2H3,(H2,7,8);1H. The van der Waals surface area contributed by atoms with E-state index in [0.29, 0.717) is 12.4 Å². The third-order valence-corrected chi connectivity index (χ3v) is 0.751. The summed E-state index contributed by atoms with van der Waals surface area (Å²) in [6.45, 7) is 5.90. The van der Waals surface area contributed by atoms with Crippen LogP contribution in [-0.2, 0) is 0 Å². The number of hydrogen-bond donors (Lipinski definition) is 1. The molecule has 4 heteroatoms. The second kappa shape index (κ2) is 6.54. The Balaban J connectivity index is 0. The van der Waals surface area contributed by atoms with Crippen LogP contribution in [0.5, 0.6) is 0 Å². The number of amidine groups is 1. The minimum absolute atomic E-state index is 0. The molecule has 0 fully saturated rings. The molecule has 0 bridgehead atoms. The Hall–Kier alpha value is 0.420. The Bertz CT molecular complexity index is 118. The van der Waals surface area contributed by atoms with E-state index in [4.69, 9.17) is 5.73 Å². The van der Waals surface area contributed by atoms with Crippen molar-refractivity contribution in [3.63, 3.8) is 0 Å². The van der Waals surface area contributed by atoms with Crippen LogP contribution < -0.4 is 5.73 Å². The average molecular weight is 305 g/mol. The molecule has 0 aliphatic rings. The first-order chi connectivity index (χ1) is 3.63. The van der Waals surface area contributed by atoms with Crippen LogP contribution in [0.1, 0.15) is 6.92 Å². The maximum Gasteiger partial charge on any atom is 0.0909 e. The van der Waals surface area contributed by atoms with E-state index in [0.717, 1.165) is 4.48 Å². The number of rotatable bonds is 2. The van der Waals surface area contributed by atoms with Gasteiger partial charge >= 0.3 is 0 Å². The Morgan fingerprint density at radius 2 is 2.22 bits per heavy atom. The third-order valence-electron chi connectivity index (χ3n) is 0.500. The molecule has 0 heterocycles. The van der Waals surface area contributed by atoms with Gasteiger partial charge in [0.15, 0.2) is 0 Å². The van der Waals surface area contributed by atoms with E-state index in [1.54, 1.807) is 6.92 Å². The van der Waals surface area contributed by atoms with Crippen molar-refractivity contribution in [1.82, 2.24) is 0 Å². The van der Waals surface area contributed by atoms with E-state index in [1.165, 1.54) is 0 Å². The van der Waals surface area contributed by atoms with Crippen molar-refractivity contribution in [1.29, 1.82) is 0 Å². The zero-order valence-electron chi connectivity index (χ0n) is 5.22. The molecule has 54 valence electrons. The van der Waals surface area contributed by atoms with Crippen molar-refractivity contribution in [3.05, 3.63) is 11.1 Å². The second-order valence-corrected chi connectivity index (χ2v) is 2.60. The normalized spacial score (nSPS) is 10.2. The predicted molar refractivity (Wildman–Crippen MR) is 55.6 cm³/mol. The fourth-order valence-corrected chi connectivity index (χ4v) is 0.336. The molecule has 9 heavy (non-hydrogen) atoms. The van der Waals surface area contributed by atoms with E-state index in [9.17, 15) is 0 Å². The molecule has 0 spiro atoms. The van der Waals surface area contributed by atoms with E-state index < -0.39 is 0 Å². The second-order valence-electron chi connectivity index (χ2n) is 1.47. The Kier molecular flexibility index (Phi) is 8.81. The van der Waals surface area contributed by atoms with Crippen molar-refractivity contribution < 1.29 is 0 Å². The van der Waals surface area contributed by atoms with Crippen molar-refractivity contribution >= 4 is 45.7 Å². The summed E-state index contributed by atoms with van der Waals surface area (Å²) in [7, 11) is 0. The molecule has 2 nitrogen and oxygen atoms in total. The van der Waals surface area contributed by atoms with Gasteiger partial charge < -0.3 is 5.73 Å². The van der Waals surface area contributed by atoms with Gasteiger partial charge in [-0.25, -0.2) is 0 Å². The van der Waals surface area contributed by atoms with E-state index in [2.05, 4.69) is 27.5 Å². The van der Waals surface area contributed by atoms with Crippen LogP contribution in [0.3, 0.4) is 0 Å². The zero-order valence-corrected chi connectivity index (χ0v) is 9.14. The molecule has 0 rings (SSSR count). The van der Waals surface area contributed by atoms with Crippen molar-refractivity contribution in [3.8, 4) is 0 Å². The maximum atomic E-state index is 5.23. The molecule has 0 amide bonds. The first kappa shape index (κ1) is 12.1. The Morgan fingerprint density at radius 3 is 2.33 bits per heavy atom. The lowest BCUT2D eigenvalue weighted by atomic mass is 10.6. The number of hydrogen-bond acceptors (Lipinski definition) is 1. The Morgan fingerprint density at radius 1 is 1.78 bits per heavy atom. The number of nitrogens with zero attached hydrogens (tertiary/aromatic N) is 1. The van der Waals surface area contributed by atoms with E-state index >= 15 is 0 Å². The summed E-state index contributed by atoms with van der Waals surface area (Å²) in [5.41, 5.74) is 5.23. The van der Waals surface area contributed by atoms with Crippen LogP contribution in [0.15, 0.2) is 16.1 Å². The molecule has 0 aliphatic carbocycles. The fraction of sp³-hybridized carbons (Fsp3) is 0.400. The molecular weight excluding hydrogens is 295 g/mol. The highest BCUT2D eigenvalue weighted by Crippen LogP contribution is 1.98. The van der Waals surface area contributed by atoms with Gasteiger partial charge in [-0.1, -0.05) is 22.5 Å². The van der Waals surface area contributed by atoms with Gasteiger partial charge in [-0.3, -0.25) is 4.99 Å². The molecule has 0 radical (unpaired) electrons. The van der Waals surface area contributed by atoms with Gasteiger partial charge in [-0.2, -0.15) is 0 Å². The lowest BCUT2D eigenvalue weighted by Crippen LogP contribution is -2.05. The SMILES string of the molecule is C=C(Br)CN=C(C)N.I. The first-order valence-corrected chi connectivity index (χ1v) is 3.02. The maximum absolute atomic E-state index is 5.23. The molecule has 0 saturated heterocycles. The summed E-state index contributed by atoms with van der Waals surface area (Å²) in [6.07, 6.45) is 0. The molecule has 0 saturated carbocycles. The molecule has 0 unspecified atom stereocenters. The minimum Gasteiger partial charge on any atom is -0.388 e. The predicted octanol–water partition coefficient (Wildman–Crippen LogP) is 1.89. The molecule has 2 N–H and O–H groups in total. The molecular formula is C5H10BrIN2. The lowest BCUT2D eigenvalue weighted by molar-refractivity contribution is 1.21. The summed E-state index contributed by atoms with van der Waals surface area (Å²) < 4.78 is 0.849. The van der Waals surface area contributed by atoms with Crippen LogP contribution in [0, 0.1) is 0 Å². The molecule has 0 aliphatic heterocycles. The summed E-state index contributed by atoms with van der Waals surface area (Å²) in [4.78, 5) is 3.87. The molecule has 0 atom stereocenters. The van der Waals surface area contributed by atoms with Gasteiger partial charge in [0.1, 0.15) is 0 Å². The zero-order chi connectivity index (χ0) is 6.57. The van der Waals surface area contributed by atoms with Gasteiger partial charge in [0.05, 0.1) is 12.4 Å². The summed E-state index contributed by atoms with van der Waals surface area (Å²) in [6, 6.07) is 0. The lowest BCUT2D eigenvalue weighted by Gasteiger charge is -1.89. The third kappa shape index (κ3) is 11.8. The summed E-state index contributed by atoms with van der Waals surface area (Å²) in [5, 5.41) is 0. The van der Waals surface area contributed by atoms with E-state index in [-0.39, 0.29) is 24.0 Å². The largest absolute Gasteiger partial charge is 0.388 e. The van der Waals surface area contributed by atoms with E-state index in [1.807, 2.05) is 0 Å². The van der Waals surface area contributed by atoms with Crippen LogP contribution in [0.25, 0.3) is 0 Å². The van der Waals surface area contributed by atoms with Crippen LogP contribution in [-0.4, -0.2) is 12.4 Å². The van der Waals surface area contributed by atoms with Gasteiger partial charge in [0.25, 0.3) is 0 Å². The first-order valence-electron chi connectivity index (χ1n) is 2.22. The van der Waals surface area contributed by atoms with Crippen LogP contribution in [0.4, 0.5) is 0 Å². The highest BCUT2D eigenvalue weighted by atomic mass is 127. The van der Waals surface area contributed by atoms with Crippen LogP contribution in [0.2, 0.25) is 0 Å².